The van der Waals surface area contributed by atoms with E-state index in [4.69, 9.17) is 0 Å². The van der Waals surface area contributed by atoms with Crippen molar-refractivity contribution in [3.63, 3.8) is 0 Å². The van der Waals surface area contributed by atoms with Crippen molar-refractivity contribution >= 4 is 17.7 Å². The predicted octanol–water partition coefficient (Wildman–Crippen LogP) is 3.32. The van der Waals surface area contributed by atoms with Crippen molar-refractivity contribution in [2.45, 2.75) is 19.4 Å². The van der Waals surface area contributed by atoms with E-state index in [2.05, 4.69) is 5.32 Å². The van der Waals surface area contributed by atoms with Crippen molar-refractivity contribution in [2.75, 3.05) is 6.54 Å². The quantitative estimate of drug-likeness (QED) is 0.527. The number of Topliss-reactive ketones (excluding diaryl/α,β-unsaturated/α-hetero) is 1. The second-order valence-electron chi connectivity index (χ2n) is 7.57. The molecule has 0 atom stereocenters. The second-order valence-corrected chi connectivity index (χ2v) is 7.57. The summed E-state index contributed by atoms with van der Waals surface area (Å²) < 4.78 is 1.91. The van der Waals surface area contributed by atoms with Crippen molar-refractivity contribution in [1.29, 1.82) is 0 Å². The van der Waals surface area contributed by atoms with E-state index in [0.717, 1.165) is 16.3 Å². The van der Waals surface area contributed by atoms with Crippen molar-refractivity contribution < 1.29 is 14.4 Å². The Morgan fingerprint density at radius 3 is 1.93 bits per heavy atom. The van der Waals surface area contributed by atoms with Gasteiger partial charge in [-0.05, 0) is 31.0 Å². The molecule has 0 bridgehead atoms. The number of hydrogen-bond donors (Lipinski definition) is 1. The molecule has 2 aromatic carbocycles. The van der Waals surface area contributed by atoms with E-state index in [0.29, 0.717) is 16.7 Å². The molecule has 1 N–H and O–H groups in total. The molecule has 2 heterocycles. The average molecular weight is 401 g/mol. The summed E-state index contributed by atoms with van der Waals surface area (Å²) in [7, 11) is 1.88. The zero-order valence-corrected chi connectivity index (χ0v) is 17.2. The highest BCUT2D eigenvalue weighted by Gasteiger charge is 2.54. The van der Waals surface area contributed by atoms with Gasteiger partial charge in [0.15, 0.2) is 11.3 Å². The van der Waals surface area contributed by atoms with Crippen molar-refractivity contribution in [3.8, 4) is 0 Å². The highest BCUT2D eigenvalue weighted by atomic mass is 16.2. The number of aryl methyl sites for hydroxylation is 1. The monoisotopic (exact) mass is 401 g/mol. The molecule has 4 rings (SSSR count). The highest BCUT2D eigenvalue weighted by Crippen LogP contribution is 2.36. The Hall–Kier alpha value is -3.67. The standard InChI is InChI=1S/C24H23N3O3/c1-16-14-20(17(2)26(16)3)21(28)15-27-22(29)24(25-23(27)30,18-10-6-4-7-11-18)19-12-8-5-9-13-19/h4-14H,15H2,1-3H3,(H,25,30). The Morgan fingerprint density at radius 2 is 1.47 bits per heavy atom. The maximum atomic E-state index is 13.6. The number of nitrogens with one attached hydrogen (secondary N) is 1. The van der Waals surface area contributed by atoms with Gasteiger partial charge in [-0.25, -0.2) is 4.79 Å². The minimum Gasteiger partial charge on any atom is -0.351 e. The Labute approximate surface area is 175 Å². The summed E-state index contributed by atoms with van der Waals surface area (Å²) in [6.07, 6.45) is 0. The first-order valence-corrected chi connectivity index (χ1v) is 9.77. The summed E-state index contributed by atoms with van der Waals surface area (Å²) in [5.74, 6) is -0.722. The fourth-order valence-corrected chi connectivity index (χ4v) is 4.02. The van der Waals surface area contributed by atoms with Gasteiger partial charge >= 0.3 is 6.03 Å². The van der Waals surface area contributed by atoms with E-state index in [1.54, 1.807) is 30.3 Å². The lowest BCUT2D eigenvalue weighted by Crippen LogP contribution is -2.45. The van der Waals surface area contributed by atoms with Crippen LogP contribution in [0.2, 0.25) is 0 Å². The number of ketones is 1. The van der Waals surface area contributed by atoms with Crippen LogP contribution < -0.4 is 5.32 Å². The number of hydrogen-bond acceptors (Lipinski definition) is 3. The topological polar surface area (TPSA) is 71.4 Å². The molecule has 0 unspecified atom stereocenters. The van der Waals surface area contributed by atoms with Crippen LogP contribution in [0.25, 0.3) is 0 Å². The third kappa shape index (κ3) is 2.92. The smallest absolute Gasteiger partial charge is 0.325 e. The highest BCUT2D eigenvalue weighted by molar-refractivity contribution is 6.13. The van der Waals surface area contributed by atoms with Gasteiger partial charge in [0, 0.05) is 24.0 Å². The molecule has 3 amide bonds. The van der Waals surface area contributed by atoms with Gasteiger partial charge in [-0.2, -0.15) is 0 Å². The number of amides is 3. The third-order valence-electron chi connectivity index (χ3n) is 5.90. The molecule has 0 spiro atoms. The zero-order valence-electron chi connectivity index (χ0n) is 17.2. The molecule has 3 aromatic rings. The molecule has 1 aliphatic heterocycles. The molecular formula is C24H23N3O3. The van der Waals surface area contributed by atoms with Gasteiger partial charge in [-0.1, -0.05) is 60.7 Å². The SMILES string of the molecule is Cc1cc(C(=O)CN2C(=O)NC(c3ccccc3)(c3ccccc3)C2=O)c(C)n1C. The van der Waals surface area contributed by atoms with Gasteiger partial charge < -0.3 is 9.88 Å². The number of carbonyl (C=O) groups is 3. The van der Waals surface area contributed by atoms with Crippen LogP contribution >= 0.6 is 0 Å². The van der Waals surface area contributed by atoms with Crippen LogP contribution in [0.1, 0.15) is 32.9 Å². The molecule has 1 aliphatic rings. The number of urea groups is 1. The first-order valence-electron chi connectivity index (χ1n) is 9.77. The molecule has 1 fully saturated rings. The maximum absolute atomic E-state index is 13.6. The zero-order chi connectivity index (χ0) is 21.5. The van der Waals surface area contributed by atoms with Gasteiger partial charge in [0.25, 0.3) is 5.91 Å². The van der Waals surface area contributed by atoms with Crippen LogP contribution in [0.5, 0.6) is 0 Å². The van der Waals surface area contributed by atoms with Crippen molar-refractivity contribution in [1.82, 2.24) is 14.8 Å². The summed E-state index contributed by atoms with van der Waals surface area (Å²) in [6.45, 7) is 3.45. The van der Waals surface area contributed by atoms with Crippen LogP contribution in [0.15, 0.2) is 66.7 Å². The normalized spacial score (nSPS) is 15.4. The fraction of sp³-hybridized carbons (Fsp3) is 0.208. The third-order valence-corrected chi connectivity index (χ3v) is 5.90. The Morgan fingerprint density at radius 1 is 0.933 bits per heavy atom. The van der Waals surface area contributed by atoms with E-state index >= 15 is 0 Å². The molecule has 6 heteroatoms. The summed E-state index contributed by atoms with van der Waals surface area (Å²) in [5, 5.41) is 2.87. The Bertz CT molecular complexity index is 1090. The average Bonchev–Trinajstić information content (AvgIpc) is 3.17. The molecule has 0 saturated carbocycles. The molecule has 1 saturated heterocycles. The van der Waals surface area contributed by atoms with E-state index < -0.39 is 17.5 Å². The van der Waals surface area contributed by atoms with Crippen LogP contribution in [0.4, 0.5) is 4.79 Å². The summed E-state index contributed by atoms with van der Waals surface area (Å²) in [6, 6.07) is 19.4. The second kappa shape index (κ2) is 7.30. The Balaban J connectivity index is 1.74. The summed E-state index contributed by atoms with van der Waals surface area (Å²) in [5.41, 5.74) is 2.21. The molecule has 30 heavy (non-hydrogen) atoms. The minimum absolute atomic E-state index is 0.267. The van der Waals surface area contributed by atoms with Crippen molar-refractivity contribution in [3.05, 3.63) is 94.8 Å². The summed E-state index contributed by atoms with van der Waals surface area (Å²) >= 11 is 0. The molecular weight excluding hydrogens is 378 g/mol. The van der Waals surface area contributed by atoms with Gasteiger partial charge in [0.2, 0.25) is 0 Å². The number of carbonyl (C=O) groups excluding carboxylic acids is 3. The van der Waals surface area contributed by atoms with Gasteiger partial charge in [-0.15, -0.1) is 0 Å². The van der Waals surface area contributed by atoms with Gasteiger partial charge in [0.05, 0.1) is 6.54 Å². The van der Waals surface area contributed by atoms with Gasteiger partial charge in [-0.3, -0.25) is 14.5 Å². The van der Waals surface area contributed by atoms with E-state index in [-0.39, 0.29) is 12.3 Å². The van der Waals surface area contributed by atoms with Crippen LogP contribution in [-0.4, -0.2) is 33.7 Å². The van der Waals surface area contributed by atoms with E-state index in [9.17, 15) is 14.4 Å². The number of aromatic nitrogens is 1. The lowest BCUT2D eigenvalue weighted by Gasteiger charge is -2.28. The largest absolute Gasteiger partial charge is 0.351 e. The lowest BCUT2D eigenvalue weighted by molar-refractivity contribution is -0.129. The first kappa shape index (κ1) is 19.6. The Kier molecular flexibility index (Phi) is 4.78. The molecule has 1 aromatic heterocycles. The number of imide groups is 1. The number of benzene rings is 2. The van der Waals surface area contributed by atoms with Crippen molar-refractivity contribution in [2.24, 2.45) is 7.05 Å². The molecule has 152 valence electrons. The lowest BCUT2D eigenvalue weighted by atomic mass is 9.82. The number of nitrogens with zero attached hydrogens (tertiary/aromatic N) is 2. The van der Waals surface area contributed by atoms with E-state index in [1.807, 2.05) is 61.9 Å². The molecule has 6 nitrogen and oxygen atoms in total. The van der Waals surface area contributed by atoms with Gasteiger partial charge in [0.1, 0.15) is 0 Å². The first-order chi connectivity index (χ1) is 14.4. The van der Waals surface area contributed by atoms with Crippen LogP contribution in [-0.2, 0) is 17.4 Å². The van der Waals surface area contributed by atoms with Crippen LogP contribution in [0, 0.1) is 13.8 Å². The predicted molar refractivity (Wildman–Crippen MR) is 113 cm³/mol. The van der Waals surface area contributed by atoms with Crippen LogP contribution in [0.3, 0.4) is 0 Å². The van der Waals surface area contributed by atoms with E-state index in [1.165, 1.54) is 0 Å². The number of rotatable bonds is 5. The minimum atomic E-state index is -1.36. The maximum Gasteiger partial charge on any atom is 0.325 e. The fourth-order valence-electron chi connectivity index (χ4n) is 4.02. The molecule has 0 radical (unpaired) electrons. The molecule has 0 aliphatic carbocycles. The summed E-state index contributed by atoms with van der Waals surface area (Å²) in [4.78, 5) is 40.5.